The fourth-order valence-corrected chi connectivity index (χ4v) is 3.74. The Balaban J connectivity index is 1.79. The van der Waals surface area contributed by atoms with Crippen molar-refractivity contribution in [3.8, 4) is 0 Å². The first-order valence-corrected chi connectivity index (χ1v) is 9.53. The van der Waals surface area contributed by atoms with Gasteiger partial charge in [-0.3, -0.25) is 4.79 Å². The quantitative estimate of drug-likeness (QED) is 0.621. The van der Waals surface area contributed by atoms with Gasteiger partial charge in [0.2, 0.25) is 0 Å². The van der Waals surface area contributed by atoms with Crippen LogP contribution in [0.3, 0.4) is 0 Å². The third kappa shape index (κ3) is 3.41. The summed E-state index contributed by atoms with van der Waals surface area (Å²) in [6.07, 6.45) is 0. The lowest BCUT2D eigenvalue weighted by atomic mass is 9.93. The van der Waals surface area contributed by atoms with E-state index in [-0.39, 0.29) is 17.7 Å². The normalized spacial score (nSPS) is 16.7. The van der Waals surface area contributed by atoms with Crippen molar-refractivity contribution in [1.29, 1.82) is 0 Å². The van der Waals surface area contributed by atoms with Gasteiger partial charge in [0.15, 0.2) is 5.76 Å². The number of hydrogen-bond acceptors (Lipinski definition) is 2. The van der Waals surface area contributed by atoms with Crippen LogP contribution < -0.4 is 0 Å². The number of carbonyl (C=O) groups is 1. The van der Waals surface area contributed by atoms with Crippen molar-refractivity contribution in [3.05, 3.63) is 112 Å². The van der Waals surface area contributed by atoms with Gasteiger partial charge >= 0.3 is 0 Å². The van der Waals surface area contributed by atoms with Gasteiger partial charge in [-0.1, -0.05) is 83.9 Å². The molecule has 3 nitrogen and oxygen atoms in total. The van der Waals surface area contributed by atoms with Gasteiger partial charge in [0.25, 0.3) is 5.91 Å². The van der Waals surface area contributed by atoms with Crippen molar-refractivity contribution in [2.45, 2.75) is 19.5 Å². The summed E-state index contributed by atoms with van der Waals surface area (Å²) in [5.41, 5.74) is 4.54. The van der Waals surface area contributed by atoms with E-state index in [0.29, 0.717) is 17.1 Å². The lowest BCUT2D eigenvalue weighted by molar-refractivity contribution is -0.130. The summed E-state index contributed by atoms with van der Waals surface area (Å²) in [5.74, 6) is -0.550. The minimum absolute atomic E-state index is 0.188. The monoisotopic (exact) mass is 389 g/mol. The van der Waals surface area contributed by atoms with Crippen LogP contribution in [0.25, 0.3) is 5.57 Å². The number of rotatable bonds is 4. The molecule has 1 aliphatic heterocycles. The highest BCUT2D eigenvalue weighted by molar-refractivity contribution is 6.30. The standard InChI is InChI=1S/C24H20ClNO2/c1-16-7-11-18(12-8-16)21-22(19-5-3-2-4-6-19)26(24(28)23(21)27)15-17-9-13-20(25)14-10-17/h2-14,22,27H,15H2,1H3. The minimum Gasteiger partial charge on any atom is -0.503 e. The first-order valence-electron chi connectivity index (χ1n) is 9.15. The van der Waals surface area contributed by atoms with Crippen molar-refractivity contribution >= 4 is 23.1 Å². The summed E-state index contributed by atoms with van der Waals surface area (Å²) in [6.45, 7) is 2.40. The zero-order valence-corrected chi connectivity index (χ0v) is 16.2. The summed E-state index contributed by atoms with van der Waals surface area (Å²) < 4.78 is 0. The molecule has 0 spiro atoms. The summed E-state index contributed by atoms with van der Waals surface area (Å²) in [5, 5.41) is 11.4. The zero-order chi connectivity index (χ0) is 19.7. The molecule has 4 heteroatoms. The first kappa shape index (κ1) is 18.3. The molecule has 0 radical (unpaired) electrons. The number of aliphatic hydroxyl groups excluding tert-OH is 1. The van der Waals surface area contributed by atoms with E-state index in [2.05, 4.69) is 0 Å². The fourth-order valence-electron chi connectivity index (χ4n) is 3.61. The molecule has 1 atom stereocenters. The summed E-state index contributed by atoms with van der Waals surface area (Å²) in [6, 6.07) is 24.8. The van der Waals surface area contributed by atoms with Crippen molar-refractivity contribution in [3.63, 3.8) is 0 Å². The van der Waals surface area contributed by atoms with E-state index in [1.807, 2.05) is 85.8 Å². The molecule has 28 heavy (non-hydrogen) atoms. The van der Waals surface area contributed by atoms with Crippen LogP contribution in [-0.2, 0) is 11.3 Å². The lowest BCUT2D eigenvalue weighted by Gasteiger charge is -2.27. The fraction of sp³-hybridized carbons (Fsp3) is 0.125. The number of halogens is 1. The van der Waals surface area contributed by atoms with E-state index in [9.17, 15) is 9.90 Å². The zero-order valence-electron chi connectivity index (χ0n) is 15.5. The highest BCUT2D eigenvalue weighted by atomic mass is 35.5. The van der Waals surface area contributed by atoms with Gasteiger partial charge in [-0.05, 0) is 35.7 Å². The highest BCUT2D eigenvalue weighted by Crippen LogP contribution is 2.43. The summed E-state index contributed by atoms with van der Waals surface area (Å²) >= 11 is 5.99. The molecule has 0 saturated carbocycles. The van der Waals surface area contributed by atoms with Gasteiger partial charge < -0.3 is 10.0 Å². The molecule has 0 saturated heterocycles. The van der Waals surface area contributed by atoms with Crippen LogP contribution >= 0.6 is 11.6 Å². The maximum atomic E-state index is 13.0. The third-order valence-electron chi connectivity index (χ3n) is 5.05. The topological polar surface area (TPSA) is 40.5 Å². The van der Waals surface area contributed by atoms with E-state index in [1.54, 1.807) is 4.90 Å². The maximum absolute atomic E-state index is 13.0. The Hall–Kier alpha value is -3.04. The summed E-state index contributed by atoms with van der Waals surface area (Å²) in [7, 11) is 0. The smallest absolute Gasteiger partial charge is 0.290 e. The third-order valence-corrected chi connectivity index (χ3v) is 5.30. The van der Waals surface area contributed by atoms with Crippen LogP contribution in [0.15, 0.2) is 84.6 Å². The largest absolute Gasteiger partial charge is 0.503 e. The molecule has 4 rings (SSSR count). The SMILES string of the molecule is Cc1ccc(C2=C(O)C(=O)N(Cc3ccc(Cl)cc3)C2c2ccccc2)cc1. The Morgan fingerprint density at radius 2 is 1.57 bits per heavy atom. The molecule has 3 aromatic carbocycles. The second kappa shape index (κ2) is 7.53. The molecule has 1 aliphatic rings. The highest BCUT2D eigenvalue weighted by Gasteiger charge is 2.40. The molecule has 1 heterocycles. The lowest BCUT2D eigenvalue weighted by Crippen LogP contribution is -2.29. The Morgan fingerprint density at radius 3 is 2.21 bits per heavy atom. The van der Waals surface area contributed by atoms with Gasteiger partial charge in [0, 0.05) is 17.1 Å². The van der Waals surface area contributed by atoms with Crippen molar-refractivity contribution in [2.24, 2.45) is 0 Å². The molecule has 0 aromatic heterocycles. The second-order valence-electron chi connectivity index (χ2n) is 7.00. The number of aryl methyl sites for hydroxylation is 1. The van der Waals surface area contributed by atoms with Gasteiger partial charge in [-0.2, -0.15) is 0 Å². The molecule has 0 aliphatic carbocycles. The molecule has 1 unspecified atom stereocenters. The van der Waals surface area contributed by atoms with E-state index in [0.717, 1.165) is 22.3 Å². The van der Waals surface area contributed by atoms with Crippen LogP contribution in [0.1, 0.15) is 28.3 Å². The van der Waals surface area contributed by atoms with Gasteiger partial charge in [0.1, 0.15) is 0 Å². The number of hydrogen-bond donors (Lipinski definition) is 1. The van der Waals surface area contributed by atoms with Crippen LogP contribution in [0.5, 0.6) is 0 Å². The van der Waals surface area contributed by atoms with Gasteiger partial charge in [-0.25, -0.2) is 0 Å². The van der Waals surface area contributed by atoms with E-state index >= 15 is 0 Å². The average molecular weight is 390 g/mol. The predicted molar refractivity (Wildman–Crippen MR) is 112 cm³/mol. The molecule has 3 aromatic rings. The second-order valence-corrected chi connectivity index (χ2v) is 7.44. The Morgan fingerprint density at radius 1 is 0.929 bits per heavy atom. The van der Waals surface area contributed by atoms with Crippen LogP contribution in [0.2, 0.25) is 5.02 Å². The molecule has 0 fully saturated rings. The summed E-state index contributed by atoms with van der Waals surface area (Å²) in [4.78, 5) is 14.7. The van der Waals surface area contributed by atoms with Gasteiger partial charge in [0.05, 0.1) is 6.04 Å². The van der Waals surface area contributed by atoms with Crippen molar-refractivity contribution < 1.29 is 9.90 Å². The molecule has 140 valence electrons. The van der Waals surface area contributed by atoms with Crippen LogP contribution in [0, 0.1) is 6.92 Å². The van der Waals surface area contributed by atoms with Crippen LogP contribution in [-0.4, -0.2) is 15.9 Å². The maximum Gasteiger partial charge on any atom is 0.290 e. The van der Waals surface area contributed by atoms with E-state index in [4.69, 9.17) is 11.6 Å². The molecular weight excluding hydrogens is 370 g/mol. The van der Waals surface area contributed by atoms with E-state index in [1.165, 1.54) is 0 Å². The molecule has 1 N–H and O–H groups in total. The van der Waals surface area contributed by atoms with Crippen molar-refractivity contribution in [1.82, 2.24) is 4.90 Å². The number of benzene rings is 3. The Bertz CT molecular complexity index is 1020. The number of aliphatic hydroxyl groups is 1. The number of nitrogens with zero attached hydrogens (tertiary/aromatic N) is 1. The number of amides is 1. The minimum atomic E-state index is -0.362. The first-order chi connectivity index (χ1) is 13.5. The van der Waals surface area contributed by atoms with Gasteiger partial charge in [-0.15, -0.1) is 0 Å². The van der Waals surface area contributed by atoms with Crippen molar-refractivity contribution in [2.75, 3.05) is 0 Å². The van der Waals surface area contributed by atoms with E-state index < -0.39 is 0 Å². The molecule has 1 amide bonds. The number of carbonyl (C=O) groups excluding carboxylic acids is 1. The Labute approximate surface area is 169 Å². The molecule has 0 bridgehead atoms. The predicted octanol–water partition coefficient (Wildman–Crippen LogP) is 5.70. The van der Waals surface area contributed by atoms with Crippen LogP contribution in [0.4, 0.5) is 0 Å². The molecular formula is C24H20ClNO2. The average Bonchev–Trinajstić information content (AvgIpc) is 2.96. The Kier molecular flexibility index (Phi) is 4.93.